The second-order valence-corrected chi connectivity index (χ2v) is 12.9. The average Bonchev–Trinajstić information content (AvgIpc) is 2.79. The molecule has 0 amide bonds. The van der Waals surface area contributed by atoms with Crippen LogP contribution in [0.5, 0.6) is 0 Å². The van der Waals surface area contributed by atoms with Gasteiger partial charge in [0.15, 0.2) is 0 Å². The molecule has 0 aromatic carbocycles. The van der Waals surface area contributed by atoms with E-state index in [1.54, 1.807) is 0 Å². The summed E-state index contributed by atoms with van der Waals surface area (Å²) >= 11 is -0.864. The van der Waals surface area contributed by atoms with Crippen molar-refractivity contribution in [1.82, 2.24) is 0 Å². The standard InChI is InChI=1S/C17H27AsO3/c1-10-5-6-12-13(9-18(3)4)16(19)21-15(12)14-11(10)7-8-17(14,2)20/h12-15,20H,5-9H2,1-4H3/t12-,13+,14-,15-,17+/m0/s1. The molecule has 1 saturated carbocycles. The van der Waals surface area contributed by atoms with Crippen molar-refractivity contribution < 1.29 is 14.6 Å². The molecule has 2 fully saturated rings. The third-order valence-electron chi connectivity index (χ3n) is 5.73. The summed E-state index contributed by atoms with van der Waals surface area (Å²) in [5.41, 5.74) is 6.72. The molecule has 3 aliphatic rings. The summed E-state index contributed by atoms with van der Waals surface area (Å²) in [6.07, 6.45) is 3.80. The van der Waals surface area contributed by atoms with Gasteiger partial charge < -0.3 is 0 Å². The van der Waals surface area contributed by atoms with Crippen LogP contribution in [0.25, 0.3) is 0 Å². The van der Waals surface area contributed by atoms with E-state index < -0.39 is 20.3 Å². The molecule has 4 heteroatoms. The second-order valence-electron chi connectivity index (χ2n) is 7.61. The van der Waals surface area contributed by atoms with E-state index in [9.17, 15) is 9.90 Å². The first-order chi connectivity index (χ1) is 9.81. The Hall–Kier alpha value is -0.272. The molecule has 1 heterocycles. The number of allylic oxidation sites excluding steroid dienone is 1. The van der Waals surface area contributed by atoms with Gasteiger partial charge in [-0.1, -0.05) is 0 Å². The van der Waals surface area contributed by atoms with Crippen molar-refractivity contribution in [3.05, 3.63) is 11.1 Å². The Kier molecular flexibility index (Phi) is 4.03. The molecule has 3 rings (SSSR count). The normalized spacial score (nSPS) is 42.9. The van der Waals surface area contributed by atoms with E-state index >= 15 is 0 Å². The SMILES string of the molecule is CC1=C2CC[C@@](C)(O)[C@@H]2[C@H]2OC(=O)[C@H](C[As](C)C)[C@@H]2CC1. The fraction of sp³-hybridized carbons (Fsp3) is 0.824. The summed E-state index contributed by atoms with van der Waals surface area (Å²) in [7, 11) is 0. The minimum atomic E-state index is -0.864. The summed E-state index contributed by atoms with van der Waals surface area (Å²) in [6, 6.07) is 0. The summed E-state index contributed by atoms with van der Waals surface area (Å²) in [6.45, 7) is 4.14. The van der Waals surface area contributed by atoms with Crippen molar-refractivity contribution >= 4 is 20.6 Å². The Morgan fingerprint density at radius 2 is 2.10 bits per heavy atom. The number of ether oxygens (including phenoxy) is 1. The molecule has 118 valence electrons. The third-order valence-corrected chi connectivity index (χ3v) is 8.09. The van der Waals surface area contributed by atoms with E-state index in [2.05, 4.69) is 18.3 Å². The number of hydrogen-bond donors (Lipinski definition) is 1. The van der Waals surface area contributed by atoms with Crippen molar-refractivity contribution in [2.24, 2.45) is 17.8 Å². The van der Waals surface area contributed by atoms with Crippen LogP contribution in [0.3, 0.4) is 0 Å². The molecule has 0 spiro atoms. The summed E-state index contributed by atoms with van der Waals surface area (Å²) in [5.74, 6) is 0.452. The van der Waals surface area contributed by atoms with Crippen molar-refractivity contribution in [2.75, 3.05) is 0 Å². The van der Waals surface area contributed by atoms with Crippen LogP contribution >= 0.6 is 0 Å². The van der Waals surface area contributed by atoms with Gasteiger partial charge in [-0.15, -0.1) is 0 Å². The number of fused-ring (bicyclic) bond motifs is 3. The van der Waals surface area contributed by atoms with E-state index in [1.807, 2.05) is 6.92 Å². The Labute approximate surface area is 132 Å². The first-order valence-corrected chi connectivity index (χ1v) is 13.2. The van der Waals surface area contributed by atoms with E-state index in [0.717, 1.165) is 30.9 Å². The quantitative estimate of drug-likeness (QED) is 0.471. The molecule has 1 saturated heterocycles. The molecule has 0 aromatic rings. The molecule has 0 bridgehead atoms. The zero-order valence-corrected chi connectivity index (χ0v) is 15.4. The number of carbonyl (C=O) groups excluding carboxylic acids is 1. The monoisotopic (exact) mass is 354 g/mol. The minimum absolute atomic E-state index is 0.00896. The Balaban J connectivity index is 1.95. The number of esters is 1. The molecule has 0 aromatic heterocycles. The Bertz CT molecular complexity index is 480. The fourth-order valence-corrected chi connectivity index (χ4v) is 7.18. The first kappa shape index (κ1) is 15.6. The molecule has 0 radical (unpaired) electrons. The van der Waals surface area contributed by atoms with E-state index in [1.165, 1.54) is 11.1 Å². The predicted octanol–water partition coefficient (Wildman–Crippen LogP) is 3.17. The molecule has 1 aliphatic heterocycles. The van der Waals surface area contributed by atoms with Crippen LogP contribution in [0.4, 0.5) is 0 Å². The van der Waals surface area contributed by atoms with Crippen molar-refractivity contribution in [1.29, 1.82) is 0 Å². The van der Waals surface area contributed by atoms with Gasteiger partial charge in [0.2, 0.25) is 0 Å². The zero-order valence-electron chi connectivity index (χ0n) is 13.6. The topological polar surface area (TPSA) is 46.5 Å². The van der Waals surface area contributed by atoms with Crippen LogP contribution in [0.15, 0.2) is 11.1 Å². The molecule has 21 heavy (non-hydrogen) atoms. The first-order valence-electron chi connectivity index (χ1n) is 8.07. The molecule has 5 atom stereocenters. The van der Waals surface area contributed by atoms with Gasteiger partial charge >= 0.3 is 132 Å². The summed E-state index contributed by atoms with van der Waals surface area (Å²) < 4.78 is 5.85. The van der Waals surface area contributed by atoms with Crippen LogP contribution in [0, 0.1) is 17.8 Å². The number of rotatable bonds is 2. The average molecular weight is 354 g/mol. The third kappa shape index (κ3) is 2.61. The van der Waals surface area contributed by atoms with Gasteiger partial charge in [-0.05, 0) is 0 Å². The van der Waals surface area contributed by atoms with Gasteiger partial charge in [0.25, 0.3) is 0 Å². The van der Waals surface area contributed by atoms with Gasteiger partial charge in [-0.25, -0.2) is 0 Å². The maximum absolute atomic E-state index is 12.4. The summed E-state index contributed by atoms with van der Waals surface area (Å²) in [4.78, 5) is 12.4. The maximum atomic E-state index is 12.4. The van der Waals surface area contributed by atoms with E-state index in [0.29, 0.717) is 5.92 Å². The van der Waals surface area contributed by atoms with Gasteiger partial charge in [0.05, 0.1) is 0 Å². The Morgan fingerprint density at radius 1 is 1.38 bits per heavy atom. The molecule has 3 nitrogen and oxygen atoms in total. The fourth-order valence-electron chi connectivity index (χ4n) is 4.65. The molecular formula is C17H27AsO3. The number of hydrogen-bond acceptors (Lipinski definition) is 3. The van der Waals surface area contributed by atoms with Crippen molar-refractivity contribution in [3.63, 3.8) is 0 Å². The van der Waals surface area contributed by atoms with Crippen LogP contribution < -0.4 is 0 Å². The van der Waals surface area contributed by atoms with Crippen LogP contribution in [0.2, 0.25) is 16.6 Å². The second kappa shape index (κ2) is 5.42. The van der Waals surface area contributed by atoms with Gasteiger partial charge in [0.1, 0.15) is 0 Å². The van der Waals surface area contributed by atoms with Gasteiger partial charge in [-0.2, -0.15) is 0 Å². The van der Waals surface area contributed by atoms with E-state index in [4.69, 9.17) is 4.74 Å². The number of carbonyl (C=O) groups is 1. The zero-order chi connectivity index (χ0) is 15.4. The molecular weight excluding hydrogens is 327 g/mol. The van der Waals surface area contributed by atoms with Crippen molar-refractivity contribution in [2.45, 2.75) is 67.9 Å². The van der Waals surface area contributed by atoms with Crippen LogP contribution in [0.1, 0.15) is 39.5 Å². The van der Waals surface area contributed by atoms with Crippen molar-refractivity contribution in [3.8, 4) is 0 Å². The predicted molar refractivity (Wildman–Crippen MR) is 84.4 cm³/mol. The molecule has 2 aliphatic carbocycles. The Morgan fingerprint density at radius 3 is 2.76 bits per heavy atom. The molecule has 1 N–H and O–H groups in total. The van der Waals surface area contributed by atoms with Crippen LogP contribution in [-0.4, -0.2) is 37.4 Å². The van der Waals surface area contributed by atoms with Gasteiger partial charge in [0, 0.05) is 0 Å². The van der Waals surface area contributed by atoms with Gasteiger partial charge in [-0.3, -0.25) is 0 Å². The van der Waals surface area contributed by atoms with E-state index in [-0.39, 0.29) is 23.9 Å². The number of aliphatic hydroxyl groups is 1. The molecule has 0 unspecified atom stereocenters. The summed E-state index contributed by atoms with van der Waals surface area (Å²) in [5, 5.41) is 11.9. The van der Waals surface area contributed by atoms with Crippen LogP contribution in [-0.2, 0) is 9.53 Å².